The molecule has 1 aromatic rings. The smallest absolute Gasteiger partial charge is 0.315 e. The maximum atomic E-state index is 11.7. The number of rotatable bonds is 5. The number of ether oxygens (including phenoxy) is 1. The summed E-state index contributed by atoms with van der Waals surface area (Å²) in [7, 11) is 0. The number of fused-ring (bicyclic) bond motifs is 1. The Morgan fingerprint density at radius 2 is 2.32 bits per heavy atom. The van der Waals surface area contributed by atoms with Crippen LogP contribution in [0.5, 0.6) is 5.75 Å². The summed E-state index contributed by atoms with van der Waals surface area (Å²) in [5.74, 6) is 0.502. The quantitative estimate of drug-likeness (QED) is 0.730. The van der Waals surface area contributed by atoms with Crippen molar-refractivity contribution in [1.82, 2.24) is 10.6 Å². The van der Waals surface area contributed by atoms with E-state index in [4.69, 9.17) is 4.74 Å². The molecular weight excluding hydrogens is 282 g/mol. The van der Waals surface area contributed by atoms with Crippen molar-refractivity contribution in [2.24, 2.45) is 0 Å². The lowest BCUT2D eigenvalue weighted by Gasteiger charge is -2.26. The number of hydrogen-bond acceptors (Lipinski definition) is 3. The summed E-state index contributed by atoms with van der Waals surface area (Å²) in [6.07, 6.45) is 1.75. The molecule has 0 aromatic heterocycles. The molecule has 1 aliphatic heterocycles. The fourth-order valence-corrected chi connectivity index (χ4v) is 2.19. The van der Waals surface area contributed by atoms with Crippen molar-refractivity contribution in [3.05, 3.63) is 36.4 Å². The Morgan fingerprint density at radius 3 is 3.00 bits per heavy atom. The maximum absolute atomic E-state index is 11.7. The normalized spacial score (nSPS) is 17.5. The van der Waals surface area contributed by atoms with Gasteiger partial charge in [0, 0.05) is 6.54 Å². The zero-order valence-electron chi connectivity index (χ0n) is 12.8. The van der Waals surface area contributed by atoms with Gasteiger partial charge < -0.3 is 20.7 Å². The molecule has 6 heteroatoms. The van der Waals surface area contributed by atoms with Gasteiger partial charge in [0.2, 0.25) is 0 Å². The number of amides is 3. The molecule has 1 aromatic carbocycles. The number of benzene rings is 1. The van der Waals surface area contributed by atoms with Crippen LogP contribution >= 0.6 is 0 Å². The summed E-state index contributed by atoms with van der Waals surface area (Å²) in [5.41, 5.74) is 1.56. The van der Waals surface area contributed by atoms with Gasteiger partial charge in [-0.05, 0) is 31.0 Å². The third-order valence-electron chi connectivity index (χ3n) is 3.45. The minimum absolute atomic E-state index is 0.127. The fourth-order valence-electron chi connectivity index (χ4n) is 2.19. The highest BCUT2D eigenvalue weighted by molar-refractivity contribution is 5.97. The Labute approximate surface area is 129 Å². The van der Waals surface area contributed by atoms with Crippen LogP contribution in [-0.4, -0.2) is 24.6 Å². The lowest BCUT2D eigenvalue weighted by molar-refractivity contribution is -0.123. The predicted octanol–water partition coefficient (Wildman–Crippen LogP) is 2.34. The zero-order chi connectivity index (χ0) is 16.1. The molecule has 6 nitrogen and oxygen atoms in total. The molecule has 3 amide bonds. The van der Waals surface area contributed by atoms with Crippen LogP contribution in [0, 0.1) is 0 Å². The average molecular weight is 303 g/mol. The van der Waals surface area contributed by atoms with E-state index in [1.165, 1.54) is 0 Å². The van der Waals surface area contributed by atoms with Crippen molar-refractivity contribution < 1.29 is 14.3 Å². The largest absolute Gasteiger partial charge is 0.478 e. The van der Waals surface area contributed by atoms with Gasteiger partial charge in [-0.15, -0.1) is 6.58 Å². The molecular formula is C16H21N3O3. The van der Waals surface area contributed by atoms with E-state index < -0.39 is 6.10 Å². The van der Waals surface area contributed by atoms with Gasteiger partial charge in [0.05, 0.1) is 11.7 Å². The van der Waals surface area contributed by atoms with Crippen LogP contribution < -0.4 is 20.7 Å². The van der Waals surface area contributed by atoms with E-state index >= 15 is 0 Å². The van der Waals surface area contributed by atoms with E-state index in [2.05, 4.69) is 22.5 Å². The van der Waals surface area contributed by atoms with E-state index in [0.717, 1.165) is 5.56 Å². The minimum Gasteiger partial charge on any atom is -0.478 e. The Balaban J connectivity index is 2.09. The standard InChI is InChI=1S/C16H21N3O3/c1-4-8-17-16(21)18-10(3)11-6-7-12-14(9-11)22-13(5-2)15(20)19-12/h4,6-7,9-10,13H,1,5,8H2,2-3H3,(H,19,20)(H2,17,18,21)/t10-,13-/m1/s1. The molecule has 3 N–H and O–H groups in total. The van der Waals surface area contributed by atoms with Crippen molar-refractivity contribution >= 4 is 17.6 Å². The minimum atomic E-state index is -0.470. The van der Waals surface area contributed by atoms with Gasteiger partial charge in [0.15, 0.2) is 6.10 Å². The summed E-state index contributed by atoms with van der Waals surface area (Å²) >= 11 is 0. The van der Waals surface area contributed by atoms with E-state index in [1.54, 1.807) is 12.1 Å². The topological polar surface area (TPSA) is 79.5 Å². The van der Waals surface area contributed by atoms with Crippen molar-refractivity contribution in [2.75, 3.05) is 11.9 Å². The SMILES string of the molecule is C=CCNC(=O)N[C@H](C)c1ccc2c(c1)O[C@H](CC)C(=O)N2. The van der Waals surface area contributed by atoms with Crippen LogP contribution in [0.2, 0.25) is 0 Å². The van der Waals surface area contributed by atoms with Crippen LogP contribution in [0.3, 0.4) is 0 Å². The molecule has 1 aliphatic rings. The van der Waals surface area contributed by atoms with Crippen LogP contribution in [0.4, 0.5) is 10.5 Å². The van der Waals surface area contributed by atoms with E-state index in [-0.39, 0.29) is 18.0 Å². The van der Waals surface area contributed by atoms with E-state index in [0.29, 0.717) is 24.4 Å². The molecule has 0 saturated carbocycles. The third kappa shape index (κ3) is 3.58. The van der Waals surface area contributed by atoms with E-state index in [1.807, 2.05) is 26.0 Å². The summed E-state index contributed by atoms with van der Waals surface area (Å²) in [4.78, 5) is 23.4. The summed E-state index contributed by atoms with van der Waals surface area (Å²) in [5, 5.41) is 8.31. The van der Waals surface area contributed by atoms with Gasteiger partial charge in [0.25, 0.3) is 5.91 Å². The van der Waals surface area contributed by atoms with Crippen LogP contribution in [0.15, 0.2) is 30.9 Å². The van der Waals surface area contributed by atoms with Crippen molar-refractivity contribution in [3.63, 3.8) is 0 Å². The Kier molecular flexibility index (Phi) is 5.04. The van der Waals surface area contributed by atoms with Gasteiger partial charge in [-0.25, -0.2) is 4.79 Å². The molecule has 118 valence electrons. The van der Waals surface area contributed by atoms with Gasteiger partial charge in [-0.1, -0.05) is 19.1 Å². The lowest BCUT2D eigenvalue weighted by Crippen LogP contribution is -2.37. The maximum Gasteiger partial charge on any atom is 0.315 e. The highest BCUT2D eigenvalue weighted by atomic mass is 16.5. The Hall–Kier alpha value is -2.50. The molecule has 22 heavy (non-hydrogen) atoms. The summed E-state index contributed by atoms with van der Waals surface area (Å²) < 4.78 is 5.70. The molecule has 0 radical (unpaired) electrons. The second-order valence-corrected chi connectivity index (χ2v) is 5.12. The number of hydrogen-bond donors (Lipinski definition) is 3. The lowest BCUT2D eigenvalue weighted by atomic mass is 10.1. The summed E-state index contributed by atoms with van der Waals surface area (Å²) in [6, 6.07) is 5.04. The molecule has 2 rings (SSSR count). The number of urea groups is 1. The summed E-state index contributed by atoms with van der Waals surface area (Å²) in [6.45, 7) is 7.74. The highest BCUT2D eigenvalue weighted by Crippen LogP contribution is 2.32. The number of carbonyl (C=O) groups is 2. The van der Waals surface area contributed by atoms with Gasteiger partial charge in [0.1, 0.15) is 5.75 Å². The number of carbonyl (C=O) groups excluding carboxylic acids is 2. The zero-order valence-corrected chi connectivity index (χ0v) is 12.8. The Morgan fingerprint density at radius 1 is 1.55 bits per heavy atom. The third-order valence-corrected chi connectivity index (χ3v) is 3.45. The first kappa shape index (κ1) is 15.9. The van der Waals surface area contributed by atoms with Gasteiger partial charge >= 0.3 is 6.03 Å². The molecule has 2 atom stereocenters. The molecule has 0 bridgehead atoms. The fraction of sp³-hybridized carbons (Fsp3) is 0.375. The van der Waals surface area contributed by atoms with Crippen molar-refractivity contribution in [1.29, 1.82) is 0 Å². The molecule has 0 fully saturated rings. The first-order chi connectivity index (χ1) is 10.5. The monoisotopic (exact) mass is 303 g/mol. The van der Waals surface area contributed by atoms with Crippen LogP contribution in [0.1, 0.15) is 31.9 Å². The van der Waals surface area contributed by atoms with Crippen LogP contribution in [-0.2, 0) is 4.79 Å². The van der Waals surface area contributed by atoms with Gasteiger partial charge in [-0.3, -0.25) is 4.79 Å². The van der Waals surface area contributed by atoms with Crippen LogP contribution in [0.25, 0.3) is 0 Å². The van der Waals surface area contributed by atoms with Crippen molar-refractivity contribution in [2.45, 2.75) is 32.4 Å². The molecule has 0 saturated heterocycles. The second-order valence-electron chi connectivity index (χ2n) is 5.12. The predicted molar refractivity (Wildman–Crippen MR) is 84.9 cm³/mol. The first-order valence-corrected chi connectivity index (χ1v) is 7.31. The molecule has 1 heterocycles. The second kappa shape index (κ2) is 6.98. The molecule has 0 aliphatic carbocycles. The first-order valence-electron chi connectivity index (χ1n) is 7.31. The number of nitrogens with one attached hydrogen (secondary N) is 3. The number of anilines is 1. The Bertz CT molecular complexity index is 586. The molecule has 0 spiro atoms. The van der Waals surface area contributed by atoms with E-state index in [9.17, 15) is 9.59 Å². The van der Waals surface area contributed by atoms with Gasteiger partial charge in [-0.2, -0.15) is 0 Å². The van der Waals surface area contributed by atoms with Crippen molar-refractivity contribution in [3.8, 4) is 5.75 Å². The highest BCUT2D eigenvalue weighted by Gasteiger charge is 2.26. The average Bonchev–Trinajstić information content (AvgIpc) is 2.51. The molecule has 0 unspecified atom stereocenters.